The zero-order chi connectivity index (χ0) is 7.84. The lowest BCUT2D eigenvalue weighted by Gasteiger charge is -1.92. The summed E-state index contributed by atoms with van der Waals surface area (Å²) < 4.78 is 14.6. The fraction of sp³-hybridized carbons (Fsp3) is 0. The van der Waals surface area contributed by atoms with Crippen LogP contribution >= 0.6 is 15.9 Å². The number of hydrogen-bond donors (Lipinski definition) is 0. The third-order valence-corrected chi connectivity index (χ3v) is 1.90. The first kappa shape index (κ1) is 6.72. The zero-order valence-corrected chi connectivity index (χ0v) is 6.92. The minimum atomic E-state index is -0.386. The standard InChI is InChI=1S/C6H3BrFN3/c7-5-6-10-3-4(8)11(6)2-1-9-5/h1-3H. The lowest BCUT2D eigenvalue weighted by Crippen LogP contribution is -1.89. The Labute approximate surface area is 70.0 Å². The number of aromatic nitrogens is 3. The van der Waals surface area contributed by atoms with Gasteiger partial charge in [0.25, 0.3) is 0 Å². The van der Waals surface area contributed by atoms with Crippen molar-refractivity contribution in [2.45, 2.75) is 0 Å². The number of hydrogen-bond acceptors (Lipinski definition) is 2. The normalized spacial score (nSPS) is 10.7. The van der Waals surface area contributed by atoms with E-state index >= 15 is 0 Å². The van der Waals surface area contributed by atoms with Gasteiger partial charge in [-0.2, -0.15) is 4.39 Å². The Morgan fingerprint density at radius 1 is 1.45 bits per heavy atom. The smallest absolute Gasteiger partial charge is 0.218 e. The molecule has 0 amide bonds. The van der Waals surface area contributed by atoms with Crippen molar-refractivity contribution in [1.29, 1.82) is 0 Å². The molecule has 2 heterocycles. The Hall–Kier alpha value is -0.970. The third kappa shape index (κ3) is 0.920. The first-order valence-electron chi connectivity index (χ1n) is 2.92. The molecule has 2 rings (SSSR count). The summed E-state index contributed by atoms with van der Waals surface area (Å²) >= 11 is 3.15. The molecule has 0 radical (unpaired) electrons. The molecule has 0 bridgehead atoms. The van der Waals surface area contributed by atoms with Gasteiger partial charge in [0.05, 0.1) is 6.20 Å². The monoisotopic (exact) mass is 215 g/mol. The van der Waals surface area contributed by atoms with Crippen LogP contribution in [-0.2, 0) is 0 Å². The highest BCUT2D eigenvalue weighted by atomic mass is 79.9. The Kier molecular flexibility index (Phi) is 1.38. The van der Waals surface area contributed by atoms with E-state index < -0.39 is 0 Å². The summed E-state index contributed by atoms with van der Waals surface area (Å²) in [7, 11) is 0. The average Bonchev–Trinajstić information content (AvgIpc) is 2.35. The predicted molar refractivity (Wildman–Crippen MR) is 40.6 cm³/mol. The van der Waals surface area contributed by atoms with Gasteiger partial charge in [-0.3, -0.25) is 4.40 Å². The van der Waals surface area contributed by atoms with E-state index in [0.29, 0.717) is 10.3 Å². The van der Waals surface area contributed by atoms with Gasteiger partial charge in [0.1, 0.15) is 4.60 Å². The molecule has 3 nitrogen and oxygen atoms in total. The summed E-state index contributed by atoms with van der Waals surface area (Å²) in [6.07, 6.45) is 4.17. The maximum atomic E-state index is 12.8. The summed E-state index contributed by atoms with van der Waals surface area (Å²) in [6, 6.07) is 0. The zero-order valence-electron chi connectivity index (χ0n) is 5.33. The molecule has 5 heteroatoms. The molecular weight excluding hydrogens is 213 g/mol. The summed E-state index contributed by atoms with van der Waals surface area (Å²) in [5.74, 6) is -0.386. The first-order valence-corrected chi connectivity index (χ1v) is 3.71. The van der Waals surface area contributed by atoms with Crippen LogP contribution in [0.1, 0.15) is 0 Å². The molecule has 2 aromatic heterocycles. The van der Waals surface area contributed by atoms with Crippen molar-refractivity contribution in [3.63, 3.8) is 0 Å². The Bertz CT molecular complexity index is 398. The van der Waals surface area contributed by atoms with Gasteiger partial charge in [-0.25, -0.2) is 9.97 Å². The molecule has 0 saturated carbocycles. The number of imidazole rings is 1. The van der Waals surface area contributed by atoms with Gasteiger partial charge < -0.3 is 0 Å². The minimum Gasteiger partial charge on any atom is -0.273 e. The molecule has 0 atom stereocenters. The molecule has 0 N–H and O–H groups in total. The minimum absolute atomic E-state index is 0.386. The van der Waals surface area contributed by atoms with Gasteiger partial charge >= 0.3 is 0 Å². The summed E-state index contributed by atoms with van der Waals surface area (Å²) in [4.78, 5) is 7.68. The number of halogens is 2. The van der Waals surface area contributed by atoms with Gasteiger partial charge in [-0.15, -0.1) is 0 Å². The Balaban J connectivity index is 2.94. The molecule has 0 aliphatic heterocycles. The van der Waals surface area contributed by atoms with E-state index in [9.17, 15) is 4.39 Å². The van der Waals surface area contributed by atoms with E-state index in [1.54, 1.807) is 0 Å². The van der Waals surface area contributed by atoms with Gasteiger partial charge in [0, 0.05) is 12.4 Å². The molecule has 0 saturated heterocycles. The van der Waals surface area contributed by atoms with E-state index in [0.717, 1.165) is 6.20 Å². The van der Waals surface area contributed by atoms with Crippen molar-refractivity contribution < 1.29 is 4.39 Å². The summed E-state index contributed by atoms with van der Waals surface area (Å²) in [5.41, 5.74) is 0.491. The van der Waals surface area contributed by atoms with Gasteiger partial charge in [0.2, 0.25) is 5.95 Å². The van der Waals surface area contributed by atoms with Crippen LogP contribution in [0.5, 0.6) is 0 Å². The molecule has 0 aliphatic rings. The topological polar surface area (TPSA) is 30.2 Å². The maximum absolute atomic E-state index is 12.8. The highest BCUT2D eigenvalue weighted by Crippen LogP contribution is 2.13. The predicted octanol–water partition coefficient (Wildman–Crippen LogP) is 1.63. The molecule has 0 spiro atoms. The molecule has 11 heavy (non-hydrogen) atoms. The molecular formula is C6H3BrFN3. The Morgan fingerprint density at radius 2 is 2.27 bits per heavy atom. The molecule has 0 fully saturated rings. The van der Waals surface area contributed by atoms with Crippen molar-refractivity contribution in [3.8, 4) is 0 Å². The van der Waals surface area contributed by atoms with Gasteiger partial charge in [0.15, 0.2) is 5.65 Å². The fourth-order valence-corrected chi connectivity index (χ4v) is 1.27. The molecule has 0 unspecified atom stereocenters. The molecule has 2 aromatic rings. The van der Waals surface area contributed by atoms with Crippen molar-refractivity contribution in [1.82, 2.24) is 14.4 Å². The number of nitrogens with zero attached hydrogens (tertiary/aromatic N) is 3. The van der Waals surface area contributed by atoms with Gasteiger partial charge in [-0.1, -0.05) is 0 Å². The number of fused-ring (bicyclic) bond motifs is 1. The van der Waals surface area contributed by atoms with E-state index in [2.05, 4.69) is 25.9 Å². The second kappa shape index (κ2) is 2.27. The summed E-state index contributed by atoms with van der Waals surface area (Å²) in [5, 5.41) is 0. The van der Waals surface area contributed by atoms with Crippen LogP contribution in [0, 0.1) is 5.95 Å². The van der Waals surface area contributed by atoms with Crippen LogP contribution in [0.25, 0.3) is 5.65 Å². The SMILES string of the molecule is Fc1cnc2c(Br)nccn12. The third-order valence-electron chi connectivity index (χ3n) is 1.34. The molecule has 56 valence electrons. The van der Waals surface area contributed by atoms with Crippen LogP contribution in [0.4, 0.5) is 4.39 Å². The van der Waals surface area contributed by atoms with Gasteiger partial charge in [-0.05, 0) is 15.9 Å². The maximum Gasteiger partial charge on any atom is 0.218 e. The van der Waals surface area contributed by atoms with Crippen LogP contribution in [0.3, 0.4) is 0 Å². The highest BCUT2D eigenvalue weighted by molar-refractivity contribution is 9.10. The lowest BCUT2D eigenvalue weighted by atomic mass is 10.7. The first-order chi connectivity index (χ1) is 5.29. The molecule has 0 aromatic carbocycles. The van der Waals surface area contributed by atoms with E-state index in [4.69, 9.17) is 0 Å². The highest BCUT2D eigenvalue weighted by Gasteiger charge is 2.04. The summed E-state index contributed by atoms with van der Waals surface area (Å²) in [6.45, 7) is 0. The average molecular weight is 216 g/mol. The number of rotatable bonds is 0. The van der Waals surface area contributed by atoms with Crippen LogP contribution in [-0.4, -0.2) is 14.4 Å². The van der Waals surface area contributed by atoms with E-state index in [1.165, 1.54) is 16.8 Å². The van der Waals surface area contributed by atoms with Crippen LogP contribution < -0.4 is 0 Å². The van der Waals surface area contributed by atoms with Crippen LogP contribution in [0.2, 0.25) is 0 Å². The fourth-order valence-electron chi connectivity index (χ4n) is 0.858. The van der Waals surface area contributed by atoms with Crippen molar-refractivity contribution in [2.24, 2.45) is 0 Å². The van der Waals surface area contributed by atoms with Crippen molar-refractivity contribution in [2.75, 3.05) is 0 Å². The second-order valence-corrected chi connectivity index (χ2v) is 2.74. The van der Waals surface area contributed by atoms with Crippen molar-refractivity contribution >= 4 is 21.6 Å². The van der Waals surface area contributed by atoms with Crippen LogP contribution in [0.15, 0.2) is 23.2 Å². The second-order valence-electron chi connectivity index (χ2n) is 1.99. The Morgan fingerprint density at radius 3 is 3.00 bits per heavy atom. The van der Waals surface area contributed by atoms with Crippen molar-refractivity contribution in [3.05, 3.63) is 29.1 Å². The quantitative estimate of drug-likeness (QED) is 0.669. The van der Waals surface area contributed by atoms with E-state index in [1.807, 2.05) is 0 Å². The lowest BCUT2D eigenvalue weighted by molar-refractivity contribution is 0.572. The largest absolute Gasteiger partial charge is 0.273 e. The van der Waals surface area contributed by atoms with E-state index in [-0.39, 0.29) is 5.95 Å². The molecule has 0 aliphatic carbocycles.